The molecule has 0 radical (unpaired) electrons. The van der Waals surface area contributed by atoms with Gasteiger partial charge in [0.05, 0.1) is 24.1 Å². The Balaban J connectivity index is 1.86. The number of hydrogen-bond donors (Lipinski definition) is 2. The number of nitrogens with one attached hydrogen (secondary N) is 1. The first-order valence-corrected chi connectivity index (χ1v) is 6.75. The predicted octanol–water partition coefficient (Wildman–Crippen LogP) is 0.673. The summed E-state index contributed by atoms with van der Waals surface area (Å²) in [6.45, 7) is 0.712. The topological polar surface area (TPSA) is 88.8 Å². The Hall–Kier alpha value is -2.18. The summed E-state index contributed by atoms with van der Waals surface area (Å²) in [5, 5.41) is 12.9. The molecule has 1 aromatic carbocycles. The van der Waals surface area contributed by atoms with Crippen molar-refractivity contribution in [1.29, 1.82) is 0 Å². The van der Waals surface area contributed by atoms with Crippen LogP contribution in [0.15, 0.2) is 39.5 Å². The molecule has 0 bridgehead atoms. The van der Waals surface area contributed by atoms with E-state index < -0.39 is 18.1 Å². The number of carbonyl (C=O) groups excluding carboxylic acids is 1. The molecule has 6 heteroatoms. The second kappa shape index (κ2) is 5.67. The molecule has 2 heterocycles. The van der Waals surface area contributed by atoms with Gasteiger partial charge >= 0.3 is 0 Å². The SMILES string of the molecule is O=C(N[C@@H]1COCC[C@H]1O)c1cc(=O)c2ccccc2o1. The third kappa shape index (κ3) is 2.81. The second-order valence-electron chi connectivity index (χ2n) is 4.98. The molecular weight excluding hydrogens is 274 g/mol. The molecule has 1 aliphatic heterocycles. The number of aliphatic hydroxyl groups is 1. The van der Waals surface area contributed by atoms with Crippen LogP contribution in [-0.2, 0) is 4.74 Å². The quantitative estimate of drug-likeness (QED) is 0.848. The summed E-state index contributed by atoms with van der Waals surface area (Å²) in [4.78, 5) is 24.1. The Bertz CT molecular complexity index is 723. The number of aliphatic hydroxyl groups excluding tert-OH is 1. The summed E-state index contributed by atoms with van der Waals surface area (Å²) in [6.07, 6.45) is -0.193. The van der Waals surface area contributed by atoms with E-state index in [4.69, 9.17) is 9.15 Å². The molecule has 6 nitrogen and oxygen atoms in total. The normalized spacial score (nSPS) is 22.1. The van der Waals surface area contributed by atoms with E-state index in [1.807, 2.05) is 0 Å². The highest BCUT2D eigenvalue weighted by atomic mass is 16.5. The van der Waals surface area contributed by atoms with E-state index in [-0.39, 0.29) is 17.8 Å². The summed E-state index contributed by atoms with van der Waals surface area (Å²) in [7, 11) is 0. The van der Waals surface area contributed by atoms with Crippen molar-refractivity contribution >= 4 is 16.9 Å². The fourth-order valence-corrected chi connectivity index (χ4v) is 2.32. The lowest BCUT2D eigenvalue weighted by Gasteiger charge is -2.28. The van der Waals surface area contributed by atoms with Crippen LogP contribution in [0.1, 0.15) is 17.0 Å². The zero-order valence-electron chi connectivity index (χ0n) is 11.2. The number of ether oxygens (including phenoxy) is 1. The number of fused-ring (bicyclic) bond motifs is 1. The maximum atomic E-state index is 12.1. The summed E-state index contributed by atoms with van der Waals surface area (Å²) in [6, 6.07) is 7.39. The van der Waals surface area contributed by atoms with Gasteiger partial charge in [-0.15, -0.1) is 0 Å². The molecule has 0 saturated carbocycles. The van der Waals surface area contributed by atoms with Gasteiger partial charge in [0.25, 0.3) is 5.91 Å². The van der Waals surface area contributed by atoms with Crippen molar-refractivity contribution in [3.63, 3.8) is 0 Å². The number of hydrogen-bond acceptors (Lipinski definition) is 5. The molecule has 2 N–H and O–H groups in total. The lowest BCUT2D eigenvalue weighted by Crippen LogP contribution is -2.49. The fourth-order valence-electron chi connectivity index (χ4n) is 2.32. The van der Waals surface area contributed by atoms with Gasteiger partial charge in [-0.2, -0.15) is 0 Å². The Morgan fingerprint density at radius 2 is 2.14 bits per heavy atom. The molecule has 1 aromatic heterocycles. The number of benzene rings is 1. The Kier molecular flexibility index (Phi) is 3.72. The highest BCUT2D eigenvalue weighted by Crippen LogP contribution is 2.13. The molecule has 2 atom stereocenters. The van der Waals surface area contributed by atoms with Gasteiger partial charge in [0.2, 0.25) is 0 Å². The number of para-hydroxylation sites is 1. The smallest absolute Gasteiger partial charge is 0.287 e. The van der Waals surface area contributed by atoms with Crippen LogP contribution in [-0.4, -0.2) is 36.4 Å². The molecule has 2 aromatic rings. The Morgan fingerprint density at radius 1 is 1.33 bits per heavy atom. The van der Waals surface area contributed by atoms with E-state index in [0.717, 1.165) is 6.07 Å². The zero-order valence-corrected chi connectivity index (χ0v) is 11.2. The predicted molar refractivity (Wildman–Crippen MR) is 75.2 cm³/mol. The molecule has 1 fully saturated rings. The summed E-state index contributed by atoms with van der Waals surface area (Å²) in [5.41, 5.74) is 0.0815. The lowest BCUT2D eigenvalue weighted by atomic mass is 10.1. The van der Waals surface area contributed by atoms with Gasteiger partial charge in [-0.3, -0.25) is 9.59 Å². The molecule has 0 unspecified atom stereocenters. The van der Waals surface area contributed by atoms with Crippen LogP contribution in [0.2, 0.25) is 0 Å². The average molecular weight is 289 g/mol. The molecule has 0 aliphatic carbocycles. The van der Waals surface area contributed by atoms with Crippen LogP contribution in [0.25, 0.3) is 11.0 Å². The van der Waals surface area contributed by atoms with Crippen molar-refractivity contribution < 1.29 is 19.1 Å². The summed E-state index contributed by atoms with van der Waals surface area (Å²) < 4.78 is 10.7. The third-order valence-electron chi connectivity index (χ3n) is 3.49. The molecule has 3 rings (SSSR count). The molecular formula is C15H15NO5. The lowest BCUT2D eigenvalue weighted by molar-refractivity contribution is -0.0142. The van der Waals surface area contributed by atoms with Gasteiger partial charge in [-0.25, -0.2) is 0 Å². The van der Waals surface area contributed by atoms with E-state index in [1.54, 1.807) is 24.3 Å². The molecule has 1 aliphatic rings. The van der Waals surface area contributed by atoms with Crippen molar-refractivity contribution in [3.05, 3.63) is 46.3 Å². The first kappa shape index (κ1) is 13.8. The van der Waals surface area contributed by atoms with Crippen molar-refractivity contribution in [3.8, 4) is 0 Å². The number of carbonyl (C=O) groups is 1. The zero-order chi connectivity index (χ0) is 14.8. The van der Waals surface area contributed by atoms with Gasteiger partial charge in [0.1, 0.15) is 5.58 Å². The van der Waals surface area contributed by atoms with Crippen LogP contribution in [0.4, 0.5) is 0 Å². The van der Waals surface area contributed by atoms with Crippen LogP contribution >= 0.6 is 0 Å². The first-order chi connectivity index (χ1) is 10.1. The second-order valence-corrected chi connectivity index (χ2v) is 4.98. The van der Waals surface area contributed by atoms with Gasteiger partial charge in [0.15, 0.2) is 11.2 Å². The summed E-state index contributed by atoms with van der Waals surface area (Å²) >= 11 is 0. The third-order valence-corrected chi connectivity index (χ3v) is 3.49. The van der Waals surface area contributed by atoms with Crippen molar-refractivity contribution in [2.75, 3.05) is 13.2 Å². The van der Waals surface area contributed by atoms with Crippen LogP contribution in [0, 0.1) is 0 Å². The van der Waals surface area contributed by atoms with Gasteiger partial charge in [-0.1, -0.05) is 12.1 Å². The van der Waals surface area contributed by atoms with Gasteiger partial charge < -0.3 is 19.6 Å². The highest BCUT2D eigenvalue weighted by Gasteiger charge is 2.26. The van der Waals surface area contributed by atoms with Crippen LogP contribution in [0.3, 0.4) is 0 Å². The standard InChI is InChI=1S/C15H15NO5/c17-11-5-6-20-8-10(11)16-15(19)14-7-12(18)9-3-1-2-4-13(9)21-14/h1-4,7,10-11,17H,5-6,8H2,(H,16,19)/t10-,11-/m1/s1. The molecule has 110 valence electrons. The van der Waals surface area contributed by atoms with E-state index in [0.29, 0.717) is 24.0 Å². The number of amides is 1. The largest absolute Gasteiger partial charge is 0.451 e. The van der Waals surface area contributed by atoms with Gasteiger partial charge in [0, 0.05) is 12.7 Å². The average Bonchev–Trinajstić information content (AvgIpc) is 2.49. The van der Waals surface area contributed by atoms with Crippen molar-refractivity contribution in [2.24, 2.45) is 0 Å². The monoisotopic (exact) mass is 289 g/mol. The molecule has 1 saturated heterocycles. The highest BCUT2D eigenvalue weighted by molar-refractivity contribution is 5.93. The minimum absolute atomic E-state index is 0.0727. The van der Waals surface area contributed by atoms with Crippen LogP contribution in [0.5, 0.6) is 0 Å². The molecule has 21 heavy (non-hydrogen) atoms. The maximum Gasteiger partial charge on any atom is 0.287 e. The first-order valence-electron chi connectivity index (χ1n) is 6.75. The minimum Gasteiger partial charge on any atom is -0.451 e. The summed E-state index contributed by atoms with van der Waals surface area (Å²) in [5.74, 6) is -0.608. The van der Waals surface area contributed by atoms with E-state index in [9.17, 15) is 14.7 Å². The minimum atomic E-state index is -0.658. The van der Waals surface area contributed by atoms with E-state index in [2.05, 4.69) is 5.32 Å². The van der Waals surface area contributed by atoms with Crippen molar-refractivity contribution in [1.82, 2.24) is 5.32 Å². The van der Waals surface area contributed by atoms with Crippen LogP contribution < -0.4 is 10.7 Å². The van der Waals surface area contributed by atoms with E-state index in [1.165, 1.54) is 0 Å². The number of rotatable bonds is 2. The van der Waals surface area contributed by atoms with Gasteiger partial charge in [-0.05, 0) is 18.6 Å². The Morgan fingerprint density at radius 3 is 2.95 bits per heavy atom. The molecule has 0 spiro atoms. The van der Waals surface area contributed by atoms with Crippen molar-refractivity contribution in [2.45, 2.75) is 18.6 Å². The van der Waals surface area contributed by atoms with E-state index >= 15 is 0 Å². The Labute approximate surface area is 120 Å². The maximum absolute atomic E-state index is 12.1. The fraction of sp³-hybridized carbons (Fsp3) is 0.333. The molecule has 1 amide bonds.